The number of anilines is 1. The predicted octanol–water partition coefficient (Wildman–Crippen LogP) is 3.64. The second kappa shape index (κ2) is 4.74. The third-order valence-electron chi connectivity index (χ3n) is 2.81. The van der Waals surface area contributed by atoms with Gasteiger partial charge in [-0.1, -0.05) is 28.9 Å². The molecule has 0 saturated carbocycles. The van der Waals surface area contributed by atoms with E-state index in [0.29, 0.717) is 10.7 Å². The van der Waals surface area contributed by atoms with Gasteiger partial charge in [0.1, 0.15) is 5.69 Å². The molecular formula is C14H10ClN3O. The summed E-state index contributed by atoms with van der Waals surface area (Å²) in [6.45, 7) is 0. The minimum atomic E-state index is 0.286. The molecule has 0 saturated heterocycles. The summed E-state index contributed by atoms with van der Waals surface area (Å²) in [6, 6.07) is 11.1. The summed E-state index contributed by atoms with van der Waals surface area (Å²) in [7, 11) is 0. The van der Waals surface area contributed by atoms with E-state index in [-0.39, 0.29) is 5.88 Å². The second-order valence-corrected chi connectivity index (χ2v) is 4.45. The van der Waals surface area contributed by atoms with Crippen LogP contribution in [0.5, 0.6) is 0 Å². The molecule has 0 radical (unpaired) electrons. The van der Waals surface area contributed by atoms with E-state index < -0.39 is 0 Å². The Hall–Kier alpha value is -2.33. The minimum Gasteiger partial charge on any atom is -0.367 e. The van der Waals surface area contributed by atoms with Crippen LogP contribution < -0.4 is 5.73 Å². The maximum absolute atomic E-state index is 5.89. The van der Waals surface area contributed by atoms with Crippen LogP contribution >= 0.6 is 11.6 Å². The van der Waals surface area contributed by atoms with E-state index in [1.54, 1.807) is 24.5 Å². The molecule has 0 fully saturated rings. The molecule has 2 aromatic heterocycles. The fourth-order valence-electron chi connectivity index (χ4n) is 1.91. The average Bonchev–Trinajstić information content (AvgIpc) is 2.83. The van der Waals surface area contributed by atoms with Crippen LogP contribution in [0.2, 0.25) is 5.02 Å². The van der Waals surface area contributed by atoms with E-state index in [0.717, 1.165) is 16.7 Å². The zero-order valence-corrected chi connectivity index (χ0v) is 10.6. The van der Waals surface area contributed by atoms with Crippen molar-refractivity contribution >= 4 is 17.5 Å². The maximum atomic E-state index is 5.89. The molecule has 3 rings (SSSR count). The quantitative estimate of drug-likeness (QED) is 0.773. The number of hydrogen-bond acceptors (Lipinski definition) is 4. The molecule has 4 nitrogen and oxygen atoms in total. The van der Waals surface area contributed by atoms with Gasteiger partial charge in [0.2, 0.25) is 5.88 Å². The molecule has 0 amide bonds. The number of hydrogen-bond donors (Lipinski definition) is 1. The highest BCUT2D eigenvalue weighted by Crippen LogP contribution is 2.36. The van der Waals surface area contributed by atoms with Crippen LogP contribution in [0.1, 0.15) is 0 Å². The first-order chi connectivity index (χ1) is 9.25. The van der Waals surface area contributed by atoms with Gasteiger partial charge >= 0.3 is 0 Å². The number of halogens is 1. The molecule has 19 heavy (non-hydrogen) atoms. The van der Waals surface area contributed by atoms with Gasteiger partial charge in [0.05, 0.1) is 5.56 Å². The maximum Gasteiger partial charge on any atom is 0.230 e. The van der Waals surface area contributed by atoms with Gasteiger partial charge in [-0.05, 0) is 29.8 Å². The fourth-order valence-corrected chi connectivity index (χ4v) is 2.03. The van der Waals surface area contributed by atoms with Crippen LogP contribution in [0.15, 0.2) is 53.3 Å². The monoisotopic (exact) mass is 271 g/mol. The highest BCUT2D eigenvalue weighted by Gasteiger charge is 2.17. The molecule has 0 atom stereocenters. The first-order valence-corrected chi connectivity index (χ1v) is 6.05. The van der Waals surface area contributed by atoms with Crippen molar-refractivity contribution in [3.05, 3.63) is 53.8 Å². The normalized spacial score (nSPS) is 10.6. The summed E-state index contributed by atoms with van der Waals surface area (Å²) in [6.07, 6.45) is 3.40. The fraction of sp³-hybridized carbons (Fsp3) is 0. The Morgan fingerprint density at radius 2 is 1.63 bits per heavy atom. The lowest BCUT2D eigenvalue weighted by molar-refractivity contribution is 0.439. The largest absolute Gasteiger partial charge is 0.367 e. The van der Waals surface area contributed by atoms with Gasteiger partial charge in [0, 0.05) is 23.0 Å². The van der Waals surface area contributed by atoms with Gasteiger partial charge in [0.15, 0.2) is 0 Å². The van der Waals surface area contributed by atoms with Gasteiger partial charge in [0.25, 0.3) is 0 Å². The summed E-state index contributed by atoms with van der Waals surface area (Å²) in [4.78, 5) is 3.98. The first-order valence-electron chi connectivity index (χ1n) is 5.67. The predicted molar refractivity (Wildman–Crippen MR) is 74.6 cm³/mol. The van der Waals surface area contributed by atoms with Crippen molar-refractivity contribution in [3.63, 3.8) is 0 Å². The molecular weight excluding hydrogens is 262 g/mol. The summed E-state index contributed by atoms with van der Waals surface area (Å²) in [5.41, 5.74) is 9.15. The Labute approximate surface area is 114 Å². The van der Waals surface area contributed by atoms with E-state index in [1.165, 1.54) is 0 Å². The number of nitrogens with two attached hydrogens (primary N) is 1. The summed E-state index contributed by atoms with van der Waals surface area (Å²) < 4.78 is 5.11. The third-order valence-corrected chi connectivity index (χ3v) is 3.06. The zero-order valence-electron chi connectivity index (χ0n) is 9.88. The molecule has 0 unspecified atom stereocenters. The summed E-state index contributed by atoms with van der Waals surface area (Å²) >= 11 is 5.89. The topological polar surface area (TPSA) is 64.9 Å². The molecule has 0 aliphatic carbocycles. The molecule has 5 heteroatoms. The van der Waals surface area contributed by atoms with E-state index >= 15 is 0 Å². The Balaban J connectivity index is 2.17. The molecule has 0 bridgehead atoms. The van der Waals surface area contributed by atoms with E-state index in [1.807, 2.05) is 24.3 Å². The van der Waals surface area contributed by atoms with Crippen LogP contribution in [0, 0.1) is 0 Å². The Kier molecular flexibility index (Phi) is 2.93. The van der Waals surface area contributed by atoms with Crippen LogP contribution in [-0.2, 0) is 0 Å². The minimum absolute atomic E-state index is 0.286. The Bertz CT molecular complexity index is 692. The van der Waals surface area contributed by atoms with Crippen molar-refractivity contribution in [1.29, 1.82) is 0 Å². The van der Waals surface area contributed by atoms with Gasteiger partial charge in [-0.2, -0.15) is 0 Å². The standard InChI is InChI=1S/C14H10ClN3O/c15-11-3-1-9(2-4-11)12-13(18-19-14(12)16)10-5-7-17-8-6-10/h1-8H,16H2. The van der Waals surface area contributed by atoms with Crippen molar-refractivity contribution in [1.82, 2.24) is 10.1 Å². The van der Waals surface area contributed by atoms with E-state index in [2.05, 4.69) is 10.1 Å². The van der Waals surface area contributed by atoms with Crippen molar-refractivity contribution < 1.29 is 4.52 Å². The SMILES string of the molecule is Nc1onc(-c2ccncc2)c1-c1ccc(Cl)cc1. The van der Waals surface area contributed by atoms with E-state index in [9.17, 15) is 0 Å². The number of nitrogen functional groups attached to an aromatic ring is 1. The second-order valence-electron chi connectivity index (χ2n) is 4.01. The number of benzene rings is 1. The molecule has 2 heterocycles. The molecule has 1 aromatic carbocycles. The molecule has 94 valence electrons. The van der Waals surface area contributed by atoms with Crippen LogP contribution in [-0.4, -0.2) is 10.1 Å². The van der Waals surface area contributed by atoms with Crippen molar-refractivity contribution in [2.24, 2.45) is 0 Å². The number of nitrogens with zero attached hydrogens (tertiary/aromatic N) is 2. The van der Waals surface area contributed by atoms with Crippen LogP contribution in [0.4, 0.5) is 5.88 Å². The van der Waals surface area contributed by atoms with Crippen molar-refractivity contribution in [3.8, 4) is 22.4 Å². The van der Waals surface area contributed by atoms with E-state index in [4.69, 9.17) is 21.9 Å². The third kappa shape index (κ3) is 2.18. The van der Waals surface area contributed by atoms with Gasteiger partial charge in [-0.3, -0.25) is 4.98 Å². The van der Waals surface area contributed by atoms with Crippen molar-refractivity contribution in [2.45, 2.75) is 0 Å². The lowest BCUT2D eigenvalue weighted by atomic mass is 10.0. The molecule has 2 N–H and O–H groups in total. The number of pyridine rings is 1. The molecule has 0 spiro atoms. The molecule has 0 aliphatic heterocycles. The lowest BCUT2D eigenvalue weighted by Gasteiger charge is -2.02. The summed E-state index contributed by atoms with van der Waals surface area (Å²) in [5, 5.41) is 4.69. The van der Waals surface area contributed by atoms with Crippen LogP contribution in [0.25, 0.3) is 22.4 Å². The first kappa shape index (κ1) is 11.7. The Morgan fingerprint density at radius 3 is 2.32 bits per heavy atom. The molecule has 0 aliphatic rings. The number of aromatic nitrogens is 2. The van der Waals surface area contributed by atoms with Crippen molar-refractivity contribution in [2.75, 3.05) is 5.73 Å². The van der Waals surface area contributed by atoms with Gasteiger partial charge in [-0.15, -0.1) is 0 Å². The molecule has 3 aromatic rings. The smallest absolute Gasteiger partial charge is 0.230 e. The van der Waals surface area contributed by atoms with Gasteiger partial charge in [-0.25, -0.2) is 0 Å². The zero-order chi connectivity index (χ0) is 13.2. The highest BCUT2D eigenvalue weighted by molar-refractivity contribution is 6.30. The lowest BCUT2D eigenvalue weighted by Crippen LogP contribution is -1.87. The van der Waals surface area contributed by atoms with Crippen LogP contribution in [0.3, 0.4) is 0 Å². The number of rotatable bonds is 2. The Morgan fingerprint density at radius 1 is 0.947 bits per heavy atom. The summed E-state index contributed by atoms with van der Waals surface area (Å²) in [5.74, 6) is 0.286. The average molecular weight is 272 g/mol. The van der Waals surface area contributed by atoms with Gasteiger partial charge < -0.3 is 10.3 Å². The highest BCUT2D eigenvalue weighted by atomic mass is 35.5.